The van der Waals surface area contributed by atoms with Crippen molar-refractivity contribution in [2.45, 2.75) is 13.2 Å². The largest absolute Gasteiger partial charge is 0.495 e. The average molecular weight is 239 g/mol. The number of methoxy groups -OCH3 is 1. The van der Waals surface area contributed by atoms with Gasteiger partial charge in [-0.3, -0.25) is 0 Å². The number of benzene rings is 1. The van der Waals surface area contributed by atoms with Crippen LogP contribution < -0.4 is 4.74 Å². The van der Waals surface area contributed by atoms with E-state index in [9.17, 15) is 0 Å². The van der Waals surface area contributed by atoms with Gasteiger partial charge in [-0.2, -0.15) is 0 Å². The predicted molar refractivity (Wildman–Crippen MR) is 61.0 cm³/mol. The summed E-state index contributed by atoms with van der Waals surface area (Å²) in [7, 11) is 1.61. The summed E-state index contributed by atoms with van der Waals surface area (Å²) in [4.78, 5) is 4.49. The lowest BCUT2D eigenvalue weighted by Crippen LogP contribution is -2.16. The molecule has 2 aromatic rings. The lowest BCUT2D eigenvalue weighted by Gasteiger charge is -2.15. The van der Waals surface area contributed by atoms with Crippen LogP contribution in [0.25, 0.3) is 11.0 Å². The minimum absolute atomic E-state index is 0.564. The molecule has 1 aliphatic heterocycles. The summed E-state index contributed by atoms with van der Waals surface area (Å²) < 4.78 is 12.7. The van der Waals surface area contributed by atoms with Crippen LogP contribution in [0.1, 0.15) is 5.82 Å². The molecule has 5 heteroatoms. The summed E-state index contributed by atoms with van der Waals surface area (Å²) in [6, 6.07) is 3.76. The van der Waals surface area contributed by atoms with Gasteiger partial charge in [0.25, 0.3) is 0 Å². The highest BCUT2D eigenvalue weighted by Crippen LogP contribution is 2.31. The van der Waals surface area contributed by atoms with E-state index in [1.54, 1.807) is 7.11 Å². The van der Waals surface area contributed by atoms with Gasteiger partial charge in [-0.1, -0.05) is 11.6 Å². The molecule has 0 saturated carbocycles. The molecule has 1 aromatic carbocycles. The Morgan fingerprint density at radius 1 is 1.50 bits per heavy atom. The van der Waals surface area contributed by atoms with Crippen LogP contribution >= 0.6 is 11.6 Å². The minimum Gasteiger partial charge on any atom is -0.495 e. The Hall–Kier alpha value is -1.26. The fourth-order valence-corrected chi connectivity index (χ4v) is 2.25. The van der Waals surface area contributed by atoms with Crippen LogP contribution in [0, 0.1) is 0 Å². The SMILES string of the molecule is COc1cc2c(cc1Cl)nc1n2CCOC1. The molecule has 0 fully saturated rings. The zero-order valence-corrected chi connectivity index (χ0v) is 9.62. The molecule has 0 bridgehead atoms. The maximum absolute atomic E-state index is 6.06. The van der Waals surface area contributed by atoms with Crippen LogP contribution in [0.4, 0.5) is 0 Å². The molecule has 3 rings (SSSR count). The Morgan fingerprint density at radius 3 is 3.19 bits per heavy atom. The Balaban J connectivity index is 2.27. The standard InChI is InChI=1S/C11H11ClN2O2/c1-15-10-5-9-8(4-7(10)12)13-11-6-16-3-2-14(9)11/h4-5H,2-3,6H2,1H3. The summed E-state index contributed by atoms with van der Waals surface area (Å²) in [6.07, 6.45) is 0. The molecule has 2 heterocycles. The van der Waals surface area contributed by atoms with Crippen molar-refractivity contribution in [2.75, 3.05) is 13.7 Å². The van der Waals surface area contributed by atoms with E-state index in [0.717, 1.165) is 30.0 Å². The van der Waals surface area contributed by atoms with Crippen LogP contribution in [0.5, 0.6) is 5.75 Å². The number of rotatable bonds is 1. The molecule has 16 heavy (non-hydrogen) atoms. The number of fused-ring (bicyclic) bond motifs is 3. The molecule has 0 N–H and O–H groups in total. The normalized spacial score (nSPS) is 15.1. The summed E-state index contributed by atoms with van der Waals surface area (Å²) in [5.74, 6) is 1.63. The molecule has 1 aliphatic rings. The van der Waals surface area contributed by atoms with Crippen LogP contribution in [-0.2, 0) is 17.9 Å². The second-order valence-electron chi connectivity index (χ2n) is 3.71. The number of nitrogens with zero attached hydrogens (tertiary/aromatic N) is 2. The van der Waals surface area contributed by atoms with Crippen LogP contribution in [0.15, 0.2) is 12.1 Å². The molecule has 84 valence electrons. The van der Waals surface area contributed by atoms with Crippen molar-refractivity contribution in [2.24, 2.45) is 0 Å². The van der Waals surface area contributed by atoms with Gasteiger partial charge in [0.1, 0.15) is 18.2 Å². The van der Waals surface area contributed by atoms with Gasteiger partial charge in [-0.15, -0.1) is 0 Å². The van der Waals surface area contributed by atoms with Gasteiger partial charge in [-0.25, -0.2) is 4.98 Å². The van der Waals surface area contributed by atoms with Crippen LogP contribution in [-0.4, -0.2) is 23.3 Å². The summed E-state index contributed by atoms with van der Waals surface area (Å²) in [5, 5.41) is 0.589. The monoisotopic (exact) mass is 238 g/mol. The van der Waals surface area contributed by atoms with Gasteiger partial charge in [0.15, 0.2) is 0 Å². The zero-order chi connectivity index (χ0) is 11.1. The first-order chi connectivity index (χ1) is 7.79. The quantitative estimate of drug-likeness (QED) is 0.765. The molecule has 0 saturated heterocycles. The molecule has 4 nitrogen and oxygen atoms in total. The zero-order valence-electron chi connectivity index (χ0n) is 8.86. The van der Waals surface area contributed by atoms with Crippen molar-refractivity contribution < 1.29 is 9.47 Å². The number of hydrogen-bond donors (Lipinski definition) is 0. The number of halogens is 1. The molecular weight excluding hydrogens is 228 g/mol. The van der Waals surface area contributed by atoms with E-state index >= 15 is 0 Å². The van der Waals surface area contributed by atoms with E-state index in [1.165, 1.54) is 0 Å². The average Bonchev–Trinajstić information content (AvgIpc) is 2.65. The van der Waals surface area contributed by atoms with E-state index in [1.807, 2.05) is 12.1 Å². The Labute approximate surface area is 97.7 Å². The number of hydrogen-bond acceptors (Lipinski definition) is 3. The van der Waals surface area contributed by atoms with E-state index in [-0.39, 0.29) is 0 Å². The molecule has 0 spiro atoms. The molecular formula is C11H11ClN2O2. The van der Waals surface area contributed by atoms with E-state index < -0.39 is 0 Å². The smallest absolute Gasteiger partial charge is 0.139 e. The third-order valence-corrected chi connectivity index (χ3v) is 3.09. The van der Waals surface area contributed by atoms with Gasteiger partial charge in [-0.05, 0) is 6.07 Å². The molecule has 0 radical (unpaired) electrons. The number of imidazole rings is 1. The third-order valence-electron chi connectivity index (χ3n) is 2.79. The highest BCUT2D eigenvalue weighted by atomic mass is 35.5. The van der Waals surface area contributed by atoms with Crippen molar-refractivity contribution >= 4 is 22.6 Å². The third kappa shape index (κ3) is 1.37. The molecule has 1 aromatic heterocycles. The van der Waals surface area contributed by atoms with Crippen LogP contribution in [0.2, 0.25) is 5.02 Å². The molecule has 0 atom stereocenters. The highest BCUT2D eigenvalue weighted by molar-refractivity contribution is 6.32. The molecule has 0 unspecified atom stereocenters. The maximum atomic E-state index is 6.06. The lowest BCUT2D eigenvalue weighted by molar-refractivity contribution is 0.0830. The second kappa shape index (κ2) is 3.64. The summed E-state index contributed by atoms with van der Waals surface area (Å²) in [6.45, 7) is 2.12. The second-order valence-corrected chi connectivity index (χ2v) is 4.11. The van der Waals surface area contributed by atoms with Gasteiger partial charge in [0.05, 0.1) is 29.8 Å². The Morgan fingerprint density at radius 2 is 2.38 bits per heavy atom. The van der Waals surface area contributed by atoms with Crippen molar-refractivity contribution in [3.05, 3.63) is 23.0 Å². The van der Waals surface area contributed by atoms with Crippen molar-refractivity contribution in [3.63, 3.8) is 0 Å². The lowest BCUT2D eigenvalue weighted by atomic mass is 10.3. The number of aromatic nitrogens is 2. The predicted octanol–water partition coefficient (Wildman–Crippen LogP) is 2.23. The fraction of sp³-hybridized carbons (Fsp3) is 0.364. The van der Waals surface area contributed by atoms with E-state index in [2.05, 4.69) is 9.55 Å². The first-order valence-corrected chi connectivity index (χ1v) is 5.48. The highest BCUT2D eigenvalue weighted by Gasteiger charge is 2.16. The first-order valence-electron chi connectivity index (χ1n) is 5.10. The fourth-order valence-electron chi connectivity index (χ4n) is 2.01. The Bertz CT molecular complexity index is 550. The van der Waals surface area contributed by atoms with Gasteiger partial charge >= 0.3 is 0 Å². The number of ether oxygens (including phenoxy) is 2. The van der Waals surface area contributed by atoms with E-state index in [0.29, 0.717) is 17.4 Å². The van der Waals surface area contributed by atoms with E-state index in [4.69, 9.17) is 21.1 Å². The topological polar surface area (TPSA) is 36.3 Å². The van der Waals surface area contributed by atoms with Gasteiger partial charge in [0, 0.05) is 12.6 Å². The summed E-state index contributed by atoms with van der Waals surface area (Å²) in [5.41, 5.74) is 1.95. The first kappa shape index (κ1) is 9.93. The van der Waals surface area contributed by atoms with Crippen molar-refractivity contribution in [1.29, 1.82) is 0 Å². The summed E-state index contributed by atoms with van der Waals surface area (Å²) >= 11 is 6.06. The maximum Gasteiger partial charge on any atom is 0.139 e. The molecule has 0 amide bonds. The van der Waals surface area contributed by atoms with Gasteiger partial charge in [0.2, 0.25) is 0 Å². The van der Waals surface area contributed by atoms with Crippen molar-refractivity contribution in [3.8, 4) is 5.75 Å². The van der Waals surface area contributed by atoms with Gasteiger partial charge < -0.3 is 14.0 Å². The van der Waals surface area contributed by atoms with Crippen molar-refractivity contribution in [1.82, 2.24) is 9.55 Å². The Kier molecular flexibility index (Phi) is 2.26. The minimum atomic E-state index is 0.564. The van der Waals surface area contributed by atoms with Crippen LogP contribution in [0.3, 0.4) is 0 Å². The molecule has 0 aliphatic carbocycles.